The molecule has 0 radical (unpaired) electrons. The standard InChI is InChI=1S/C17H22N2O3/c20-15-6-8-19(9-7-15)16(21)11-18-17(22)14-5-4-12-2-1-3-13(12)10-14/h4-5,10,15,20H,1-3,6-9,11H2,(H,18,22). The molecule has 2 amide bonds. The molecule has 2 N–H and O–H groups in total. The third-order valence-electron chi connectivity index (χ3n) is 4.58. The van der Waals surface area contributed by atoms with E-state index in [-0.39, 0.29) is 24.5 Å². The zero-order valence-electron chi connectivity index (χ0n) is 12.7. The van der Waals surface area contributed by atoms with Gasteiger partial charge in [-0.3, -0.25) is 9.59 Å². The molecule has 1 aromatic carbocycles. The minimum atomic E-state index is -0.301. The Balaban J connectivity index is 1.53. The summed E-state index contributed by atoms with van der Waals surface area (Å²) in [4.78, 5) is 25.9. The van der Waals surface area contributed by atoms with Crippen LogP contribution in [0, 0.1) is 0 Å². The van der Waals surface area contributed by atoms with E-state index in [9.17, 15) is 14.7 Å². The lowest BCUT2D eigenvalue weighted by molar-refractivity contribution is -0.132. The van der Waals surface area contributed by atoms with Gasteiger partial charge in [0.1, 0.15) is 0 Å². The molecule has 5 heteroatoms. The number of aliphatic hydroxyl groups is 1. The number of aryl methyl sites for hydroxylation is 2. The molecule has 0 atom stereocenters. The van der Waals surface area contributed by atoms with E-state index in [0.717, 1.165) is 19.3 Å². The van der Waals surface area contributed by atoms with Gasteiger partial charge >= 0.3 is 0 Å². The summed E-state index contributed by atoms with van der Waals surface area (Å²) < 4.78 is 0. The molecule has 0 saturated carbocycles. The van der Waals surface area contributed by atoms with Gasteiger partial charge in [-0.05, 0) is 55.4 Å². The molecule has 0 aromatic heterocycles. The van der Waals surface area contributed by atoms with Crippen LogP contribution in [0.2, 0.25) is 0 Å². The van der Waals surface area contributed by atoms with Crippen molar-refractivity contribution in [3.05, 3.63) is 34.9 Å². The smallest absolute Gasteiger partial charge is 0.251 e. The lowest BCUT2D eigenvalue weighted by Gasteiger charge is -2.29. The lowest BCUT2D eigenvalue weighted by atomic mass is 10.1. The zero-order chi connectivity index (χ0) is 15.5. The number of likely N-dealkylation sites (tertiary alicyclic amines) is 1. The summed E-state index contributed by atoms with van der Waals surface area (Å²) in [6.07, 6.45) is 4.21. The molecular formula is C17H22N2O3. The molecule has 2 aliphatic rings. The van der Waals surface area contributed by atoms with Crippen molar-refractivity contribution < 1.29 is 14.7 Å². The van der Waals surface area contributed by atoms with Crippen molar-refractivity contribution in [1.82, 2.24) is 10.2 Å². The first-order valence-electron chi connectivity index (χ1n) is 7.99. The fourth-order valence-corrected chi connectivity index (χ4v) is 3.20. The second-order valence-corrected chi connectivity index (χ2v) is 6.13. The summed E-state index contributed by atoms with van der Waals surface area (Å²) in [6, 6.07) is 5.80. The number of carbonyl (C=O) groups excluding carboxylic acids is 2. The van der Waals surface area contributed by atoms with Crippen molar-refractivity contribution >= 4 is 11.8 Å². The SMILES string of the molecule is O=C(NCC(=O)N1CCC(O)CC1)c1ccc2c(c1)CCC2. The normalized spacial score (nSPS) is 18.1. The Morgan fingerprint density at radius 3 is 2.68 bits per heavy atom. The highest BCUT2D eigenvalue weighted by Gasteiger charge is 2.21. The molecule has 0 unspecified atom stereocenters. The molecule has 1 aliphatic carbocycles. The first-order chi connectivity index (χ1) is 10.6. The number of rotatable bonds is 3. The number of amides is 2. The van der Waals surface area contributed by atoms with Crippen LogP contribution in [-0.4, -0.2) is 47.6 Å². The molecule has 1 fully saturated rings. The largest absolute Gasteiger partial charge is 0.393 e. The number of carbonyl (C=O) groups is 2. The van der Waals surface area contributed by atoms with Crippen molar-refractivity contribution in [2.45, 2.75) is 38.2 Å². The molecule has 1 aromatic rings. The van der Waals surface area contributed by atoms with Gasteiger partial charge in [-0.1, -0.05) is 6.07 Å². The Kier molecular flexibility index (Phi) is 4.43. The third kappa shape index (κ3) is 3.30. The van der Waals surface area contributed by atoms with E-state index in [0.29, 0.717) is 31.5 Å². The number of hydrogen-bond acceptors (Lipinski definition) is 3. The number of hydrogen-bond donors (Lipinski definition) is 2. The second kappa shape index (κ2) is 6.48. The van der Waals surface area contributed by atoms with Crippen LogP contribution in [0.4, 0.5) is 0 Å². The number of nitrogens with zero attached hydrogens (tertiary/aromatic N) is 1. The van der Waals surface area contributed by atoms with Crippen molar-refractivity contribution in [3.8, 4) is 0 Å². The van der Waals surface area contributed by atoms with Gasteiger partial charge in [-0.15, -0.1) is 0 Å². The van der Waals surface area contributed by atoms with Crippen LogP contribution in [0.25, 0.3) is 0 Å². The fraction of sp³-hybridized carbons (Fsp3) is 0.529. The summed E-state index contributed by atoms with van der Waals surface area (Å²) >= 11 is 0. The highest BCUT2D eigenvalue weighted by Crippen LogP contribution is 2.22. The number of benzene rings is 1. The highest BCUT2D eigenvalue weighted by atomic mass is 16.3. The predicted molar refractivity (Wildman–Crippen MR) is 82.6 cm³/mol. The molecule has 1 saturated heterocycles. The molecule has 1 aliphatic heterocycles. The summed E-state index contributed by atoms with van der Waals surface area (Å²) in [5, 5.41) is 12.2. The minimum absolute atomic E-state index is 0.0199. The number of fused-ring (bicyclic) bond motifs is 1. The van der Waals surface area contributed by atoms with Gasteiger partial charge in [0.05, 0.1) is 12.6 Å². The summed E-state index contributed by atoms with van der Waals surface area (Å²) in [5.74, 6) is -0.276. The van der Waals surface area contributed by atoms with E-state index in [1.807, 2.05) is 18.2 Å². The number of aliphatic hydroxyl groups excluding tert-OH is 1. The first-order valence-corrected chi connectivity index (χ1v) is 7.99. The quantitative estimate of drug-likeness (QED) is 0.871. The van der Waals surface area contributed by atoms with E-state index in [1.165, 1.54) is 11.1 Å². The van der Waals surface area contributed by atoms with Crippen molar-refractivity contribution in [2.24, 2.45) is 0 Å². The van der Waals surface area contributed by atoms with Crippen molar-refractivity contribution in [1.29, 1.82) is 0 Å². The first kappa shape index (κ1) is 15.0. The average molecular weight is 302 g/mol. The molecule has 118 valence electrons. The van der Waals surface area contributed by atoms with Crippen LogP contribution < -0.4 is 5.32 Å². The van der Waals surface area contributed by atoms with E-state index < -0.39 is 0 Å². The molecular weight excluding hydrogens is 280 g/mol. The van der Waals surface area contributed by atoms with Crippen molar-refractivity contribution in [2.75, 3.05) is 19.6 Å². The highest BCUT2D eigenvalue weighted by molar-refractivity contribution is 5.96. The molecule has 0 bridgehead atoms. The summed E-state index contributed by atoms with van der Waals surface area (Å²) in [7, 11) is 0. The maximum Gasteiger partial charge on any atom is 0.251 e. The Morgan fingerprint density at radius 1 is 1.18 bits per heavy atom. The van der Waals surface area contributed by atoms with E-state index in [2.05, 4.69) is 5.32 Å². The number of piperidine rings is 1. The van der Waals surface area contributed by atoms with Gasteiger partial charge in [-0.25, -0.2) is 0 Å². The van der Waals surface area contributed by atoms with E-state index >= 15 is 0 Å². The summed E-state index contributed by atoms with van der Waals surface area (Å²) in [6.45, 7) is 1.15. The van der Waals surface area contributed by atoms with Crippen LogP contribution in [0.3, 0.4) is 0 Å². The number of nitrogens with one attached hydrogen (secondary N) is 1. The maximum absolute atomic E-state index is 12.2. The monoisotopic (exact) mass is 302 g/mol. The second-order valence-electron chi connectivity index (χ2n) is 6.13. The molecule has 1 heterocycles. The average Bonchev–Trinajstić information content (AvgIpc) is 3.00. The van der Waals surface area contributed by atoms with Gasteiger partial charge in [0.25, 0.3) is 5.91 Å². The predicted octanol–water partition coefficient (Wildman–Crippen LogP) is 0.888. The molecule has 22 heavy (non-hydrogen) atoms. The Morgan fingerprint density at radius 2 is 1.91 bits per heavy atom. The van der Waals surface area contributed by atoms with E-state index in [4.69, 9.17) is 0 Å². The Labute approximate surface area is 130 Å². The van der Waals surface area contributed by atoms with Crippen molar-refractivity contribution in [3.63, 3.8) is 0 Å². The molecule has 5 nitrogen and oxygen atoms in total. The zero-order valence-corrected chi connectivity index (χ0v) is 12.7. The molecule has 3 rings (SSSR count). The van der Waals surface area contributed by atoms with Crippen LogP contribution in [0.15, 0.2) is 18.2 Å². The minimum Gasteiger partial charge on any atom is -0.393 e. The van der Waals surface area contributed by atoms with Gasteiger partial charge in [-0.2, -0.15) is 0 Å². The van der Waals surface area contributed by atoms with Crippen LogP contribution in [0.5, 0.6) is 0 Å². The molecule has 0 spiro atoms. The van der Waals surface area contributed by atoms with Gasteiger partial charge in [0, 0.05) is 18.7 Å². The van der Waals surface area contributed by atoms with Crippen LogP contribution >= 0.6 is 0 Å². The summed E-state index contributed by atoms with van der Waals surface area (Å²) in [5.41, 5.74) is 3.21. The topological polar surface area (TPSA) is 69.6 Å². The maximum atomic E-state index is 12.2. The third-order valence-corrected chi connectivity index (χ3v) is 4.58. The lowest BCUT2D eigenvalue weighted by Crippen LogP contribution is -2.45. The fourth-order valence-electron chi connectivity index (χ4n) is 3.20. The van der Waals surface area contributed by atoms with E-state index in [1.54, 1.807) is 4.90 Å². The van der Waals surface area contributed by atoms with Gasteiger partial charge < -0.3 is 15.3 Å². The van der Waals surface area contributed by atoms with Crippen LogP contribution in [-0.2, 0) is 17.6 Å². The van der Waals surface area contributed by atoms with Crippen LogP contribution in [0.1, 0.15) is 40.7 Å². The van der Waals surface area contributed by atoms with Gasteiger partial charge in [0.15, 0.2) is 0 Å². The Hall–Kier alpha value is -1.88. The Bertz CT molecular complexity index is 577. The van der Waals surface area contributed by atoms with Gasteiger partial charge in [0.2, 0.25) is 5.91 Å².